The number of nitrogens with one attached hydrogen (secondary N) is 1. The van der Waals surface area contributed by atoms with Crippen LogP contribution in [0.15, 0.2) is 0 Å². The Bertz CT molecular complexity index is 453. The van der Waals surface area contributed by atoms with Crippen LogP contribution in [0.3, 0.4) is 0 Å². The number of nitrogens with zero attached hydrogens (tertiary/aromatic N) is 1. The third-order valence-electron chi connectivity index (χ3n) is 3.20. The van der Waals surface area contributed by atoms with E-state index in [1.807, 2.05) is 0 Å². The third-order valence-corrected chi connectivity index (χ3v) is 6.53. The lowest BCUT2D eigenvalue weighted by atomic mass is 10.1. The van der Waals surface area contributed by atoms with Crippen molar-refractivity contribution >= 4 is 27.4 Å². The summed E-state index contributed by atoms with van der Waals surface area (Å²) in [5.41, 5.74) is 5.01. The second-order valence-corrected chi connectivity index (χ2v) is 8.12. The first-order chi connectivity index (χ1) is 9.09. The summed E-state index contributed by atoms with van der Waals surface area (Å²) < 4.78 is 62.4. The Hall–Kier alpha value is -0.480. The Balaban J connectivity index is 2.94. The number of halogens is 3. The summed E-state index contributed by atoms with van der Waals surface area (Å²) in [6, 6.07) is 0. The molecule has 0 bridgehead atoms. The van der Waals surface area contributed by atoms with Crippen molar-refractivity contribution in [3.05, 3.63) is 0 Å². The van der Waals surface area contributed by atoms with Crippen LogP contribution in [0.5, 0.6) is 0 Å². The summed E-state index contributed by atoms with van der Waals surface area (Å²) in [5.74, 6) is -2.41. The molecule has 1 aliphatic heterocycles. The number of amidine groups is 1. The summed E-state index contributed by atoms with van der Waals surface area (Å²) in [6.45, 7) is 1.14. The molecule has 1 fully saturated rings. The van der Waals surface area contributed by atoms with Gasteiger partial charge in [0.05, 0.1) is 0 Å². The number of nitrogens with two attached hydrogens (primary N) is 1. The van der Waals surface area contributed by atoms with Crippen LogP contribution in [-0.4, -0.2) is 61.1 Å². The van der Waals surface area contributed by atoms with Gasteiger partial charge in [0.2, 0.25) is 0 Å². The Morgan fingerprint density at radius 1 is 1.55 bits per heavy atom. The van der Waals surface area contributed by atoms with Crippen molar-refractivity contribution in [2.75, 3.05) is 30.3 Å². The van der Waals surface area contributed by atoms with E-state index < -0.39 is 39.7 Å². The maximum absolute atomic E-state index is 12.8. The van der Waals surface area contributed by atoms with Gasteiger partial charge in [-0.2, -0.15) is 24.9 Å². The van der Waals surface area contributed by atoms with Gasteiger partial charge in [-0.25, -0.2) is 8.42 Å². The minimum Gasteiger partial charge on any atom is -0.387 e. The number of hydrogen-bond donors (Lipinski definition) is 2. The van der Waals surface area contributed by atoms with Gasteiger partial charge in [0, 0.05) is 30.3 Å². The smallest absolute Gasteiger partial charge is 0.387 e. The van der Waals surface area contributed by atoms with E-state index in [2.05, 4.69) is 0 Å². The predicted octanol–water partition coefficient (Wildman–Crippen LogP) is 0.910. The summed E-state index contributed by atoms with van der Waals surface area (Å²) in [7, 11) is -3.46. The standard InChI is InChI=1S/C10H18F3N3O2S2/c1-2-20(17,18)8-6-19-4-3-16(8)5-7(9(14)15)10(11,12)13/h7-8H,2-6H2,1H3,(H3,14,15). The first-order valence-corrected chi connectivity index (χ1v) is 8.90. The summed E-state index contributed by atoms with van der Waals surface area (Å²) in [6.07, 6.45) is -4.64. The first kappa shape index (κ1) is 17.6. The highest BCUT2D eigenvalue weighted by Gasteiger charge is 2.45. The van der Waals surface area contributed by atoms with Gasteiger partial charge >= 0.3 is 6.18 Å². The van der Waals surface area contributed by atoms with Crippen molar-refractivity contribution in [2.45, 2.75) is 18.5 Å². The Labute approximate surface area is 120 Å². The molecule has 1 heterocycles. The average Bonchev–Trinajstić information content (AvgIpc) is 2.34. The molecule has 0 amide bonds. The van der Waals surface area contributed by atoms with E-state index in [-0.39, 0.29) is 18.1 Å². The lowest BCUT2D eigenvalue weighted by Gasteiger charge is -2.36. The van der Waals surface area contributed by atoms with Gasteiger partial charge in [-0.05, 0) is 0 Å². The lowest BCUT2D eigenvalue weighted by molar-refractivity contribution is -0.160. The normalized spacial score (nSPS) is 23.5. The van der Waals surface area contributed by atoms with Crippen LogP contribution >= 0.6 is 11.8 Å². The van der Waals surface area contributed by atoms with E-state index in [9.17, 15) is 21.6 Å². The molecule has 0 aliphatic carbocycles. The molecule has 0 saturated carbocycles. The Kier molecular flexibility index (Phi) is 5.73. The fourth-order valence-electron chi connectivity index (χ4n) is 1.96. The van der Waals surface area contributed by atoms with Crippen LogP contribution in [0.4, 0.5) is 13.2 Å². The second kappa shape index (κ2) is 6.52. The van der Waals surface area contributed by atoms with Crippen molar-refractivity contribution in [1.82, 2.24) is 4.90 Å². The van der Waals surface area contributed by atoms with Crippen LogP contribution in [0.2, 0.25) is 0 Å². The zero-order valence-electron chi connectivity index (χ0n) is 11.0. The molecule has 0 aromatic carbocycles. The van der Waals surface area contributed by atoms with E-state index >= 15 is 0 Å². The number of hydrogen-bond acceptors (Lipinski definition) is 5. The van der Waals surface area contributed by atoms with E-state index in [0.29, 0.717) is 5.75 Å². The summed E-state index contributed by atoms with van der Waals surface area (Å²) in [5, 5.41) is 6.13. The minimum atomic E-state index is -4.64. The monoisotopic (exact) mass is 333 g/mol. The van der Waals surface area contributed by atoms with Crippen LogP contribution in [0.25, 0.3) is 0 Å². The molecule has 20 heavy (non-hydrogen) atoms. The maximum Gasteiger partial charge on any atom is 0.399 e. The van der Waals surface area contributed by atoms with Crippen molar-refractivity contribution in [3.63, 3.8) is 0 Å². The van der Waals surface area contributed by atoms with E-state index in [4.69, 9.17) is 11.1 Å². The SMILES string of the molecule is CCS(=O)(=O)C1CSCCN1CC(C(=N)N)C(F)(F)F. The molecule has 0 aromatic heterocycles. The summed E-state index contributed by atoms with van der Waals surface area (Å²) >= 11 is 1.40. The number of thioether (sulfide) groups is 1. The van der Waals surface area contributed by atoms with Gasteiger partial charge in [0.25, 0.3) is 0 Å². The van der Waals surface area contributed by atoms with Gasteiger partial charge < -0.3 is 5.73 Å². The van der Waals surface area contributed by atoms with E-state index in [1.54, 1.807) is 0 Å². The largest absolute Gasteiger partial charge is 0.399 e. The quantitative estimate of drug-likeness (QED) is 0.577. The number of sulfone groups is 1. The molecule has 118 valence electrons. The Morgan fingerprint density at radius 3 is 2.60 bits per heavy atom. The van der Waals surface area contributed by atoms with Crippen molar-refractivity contribution < 1.29 is 21.6 Å². The zero-order chi connectivity index (χ0) is 15.6. The molecule has 5 nitrogen and oxygen atoms in total. The van der Waals surface area contributed by atoms with E-state index in [1.165, 1.54) is 23.6 Å². The van der Waals surface area contributed by atoms with Crippen molar-refractivity contribution in [1.29, 1.82) is 5.41 Å². The Morgan fingerprint density at radius 2 is 2.15 bits per heavy atom. The van der Waals surface area contributed by atoms with E-state index in [0.717, 1.165) is 0 Å². The van der Waals surface area contributed by atoms with Gasteiger partial charge in [0.1, 0.15) is 17.1 Å². The van der Waals surface area contributed by atoms with Crippen molar-refractivity contribution in [3.8, 4) is 0 Å². The lowest BCUT2D eigenvalue weighted by Crippen LogP contribution is -2.53. The number of rotatable bonds is 5. The highest BCUT2D eigenvalue weighted by atomic mass is 32.2. The fraction of sp³-hybridized carbons (Fsp3) is 0.900. The fourth-order valence-corrected chi connectivity index (χ4v) is 5.05. The molecule has 2 unspecified atom stereocenters. The molecular formula is C10H18F3N3O2S2. The average molecular weight is 333 g/mol. The molecule has 0 radical (unpaired) electrons. The van der Waals surface area contributed by atoms with Gasteiger partial charge in [-0.15, -0.1) is 0 Å². The molecule has 2 atom stereocenters. The highest BCUT2D eigenvalue weighted by Crippen LogP contribution is 2.30. The van der Waals surface area contributed by atoms with Crippen LogP contribution in [0, 0.1) is 11.3 Å². The highest BCUT2D eigenvalue weighted by molar-refractivity contribution is 8.01. The topological polar surface area (TPSA) is 87.2 Å². The molecule has 10 heteroatoms. The molecule has 3 N–H and O–H groups in total. The minimum absolute atomic E-state index is 0.120. The molecule has 1 aliphatic rings. The van der Waals surface area contributed by atoms with Crippen LogP contribution in [-0.2, 0) is 9.84 Å². The van der Waals surface area contributed by atoms with Gasteiger partial charge in [0.15, 0.2) is 9.84 Å². The first-order valence-electron chi connectivity index (χ1n) is 6.03. The number of alkyl halides is 3. The van der Waals surface area contributed by atoms with Gasteiger partial charge in [-0.3, -0.25) is 10.3 Å². The molecular weight excluding hydrogens is 315 g/mol. The zero-order valence-corrected chi connectivity index (χ0v) is 12.6. The molecule has 0 spiro atoms. The summed E-state index contributed by atoms with van der Waals surface area (Å²) in [4.78, 5) is 1.29. The molecule has 0 aromatic rings. The van der Waals surface area contributed by atoms with Crippen molar-refractivity contribution in [2.24, 2.45) is 11.7 Å². The maximum atomic E-state index is 12.8. The van der Waals surface area contributed by atoms with Crippen LogP contribution in [0.1, 0.15) is 6.92 Å². The molecule has 1 saturated heterocycles. The second-order valence-electron chi connectivity index (χ2n) is 4.53. The molecule has 1 rings (SSSR count). The predicted molar refractivity (Wildman–Crippen MR) is 73.6 cm³/mol. The van der Waals surface area contributed by atoms with Crippen LogP contribution < -0.4 is 5.73 Å². The van der Waals surface area contributed by atoms with Gasteiger partial charge in [-0.1, -0.05) is 6.92 Å². The third kappa shape index (κ3) is 4.26.